The topological polar surface area (TPSA) is 203 Å². The molecule has 1 aromatic heterocycles. The highest BCUT2D eigenvalue weighted by Gasteiger charge is 2.37. The molecule has 306 valence electrons. The van der Waals surface area contributed by atoms with E-state index in [2.05, 4.69) is 23.5 Å². The average molecular weight is 789 g/mol. The van der Waals surface area contributed by atoms with E-state index < -0.39 is 24.0 Å². The fourth-order valence-electron chi connectivity index (χ4n) is 7.68. The predicted octanol–water partition coefficient (Wildman–Crippen LogP) is 8.19. The van der Waals surface area contributed by atoms with E-state index in [9.17, 15) is 29.7 Å². The molecule has 0 saturated carbocycles. The van der Waals surface area contributed by atoms with Crippen LogP contribution < -0.4 is 11.1 Å². The fourth-order valence-corrected chi connectivity index (χ4v) is 7.68. The van der Waals surface area contributed by atoms with E-state index >= 15 is 0 Å². The molecule has 12 nitrogen and oxygen atoms in total. The standard InChI is InChI=1S/C46H56N6O6/c1-11-22(5)41(47)46(58)52-42(23(6)12-2)45(57)40-43-27(10)28(13-3)35(51-43)20-33-26(9)31(16-18-39(55)56)37(49-33)21-36-30(15-17-38(53)54)25(8)32(48-36)19-34-24(7)29(14-4)44(40)50-34/h13-14,19-23,41-42,49,57H,3-4,11-12,15-18,47H2,1-2,5-10H3,(H,52,58)(H,53,54)(H,55,56)/t22-,23-,41-,42-/m0/s1. The molecule has 0 radical (unpaired) electrons. The minimum Gasteiger partial charge on any atom is -0.509 e. The maximum absolute atomic E-state index is 13.7. The Labute approximate surface area is 340 Å². The first-order valence-corrected chi connectivity index (χ1v) is 19.9. The second-order valence-electron chi connectivity index (χ2n) is 15.5. The maximum Gasteiger partial charge on any atom is 0.303 e. The smallest absolute Gasteiger partial charge is 0.303 e. The van der Waals surface area contributed by atoms with E-state index in [4.69, 9.17) is 20.7 Å². The molecule has 12 heteroatoms. The number of fused-ring (bicyclic) bond motifs is 5. The van der Waals surface area contributed by atoms with Gasteiger partial charge in [-0.05, 0) is 104 Å². The Morgan fingerprint density at radius 2 is 1.38 bits per heavy atom. The molecule has 7 N–H and O–H groups in total. The molecule has 8 bridgehead atoms. The number of aliphatic hydroxyl groups is 1. The van der Waals surface area contributed by atoms with Crippen LogP contribution in [0, 0.1) is 18.8 Å². The number of aromatic amines is 1. The molecule has 0 fully saturated rings. The quantitative estimate of drug-likeness (QED) is 0.0961. The number of hydrogen-bond acceptors (Lipinski definition) is 8. The fraction of sp³-hybridized carbons (Fsp3) is 0.391. The molecule has 1 amide bonds. The van der Waals surface area contributed by atoms with Gasteiger partial charge in [0, 0.05) is 35.4 Å². The number of carboxylic acids is 2. The third-order valence-corrected chi connectivity index (χ3v) is 11.9. The summed E-state index contributed by atoms with van der Waals surface area (Å²) in [7, 11) is 0. The van der Waals surface area contributed by atoms with Crippen molar-refractivity contribution in [1.29, 1.82) is 0 Å². The van der Waals surface area contributed by atoms with Gasteiger partial charge in [-0.15, -0.1) is 0 Å². The maximum atomic E-state index is 13.7. The van der Waals surface area contributed by atoms with Crippen LogP contribution in [0.4, 0.5) is 0 Å². The average Bonchev–Trinajstić information content (AvgIpc) is 3.86. The first kappa shape index (κ1) is 43.2. The summed E-state index contributed by atoms with van der Waals surface area (Å²) in [6.07, 6.45) is 10.5. The number of carbonyl (C=O) groups excluding carboxylic acids is 1. The molecule has 58 heavy (non-hydrogen) atoms. The Morgan fingerprint density at radius 3 is 1.98 bits per heavy atom. The van der Waals surface area contributed by atoms with Crippen LogP contribution in [0.15, 0.2) is 108 Å². The van der Waals surface area contributed by atoms with Gasteiger partial charge in [-0.1, -0.05) is 65.8 Å². The van der Waals surface area contributed by atoms with Crippen molar-refractivity contribution in [1.82, 2.24) is 10.3 Å². The Hall–Kier alpha value is -5.88. The molecule has 0 saturated heterocycles. The van der Waals surface area contributed by atoms with Crippen LogP contribution in [-0.2, 0) is 20.8 Å². The Kier molecular flexibility index (Phi) is 13.2. The van der Waals surface area contributed by atoms with Gasteiger partial charge in [0.1, 0.15) is 5.76 Å². The summed E-state index contributed by atoms with van der Waals surface area (Å²) in [4.78, 5) is 56.1. The minimum absolute atomic E-state index is 0.0929. The predicted molar refractivity (Wildman–Crippen MR) is 232 cm³/mol. The molecule has 0 spiro atoms. The lowest BCUT2D eigenvalue weighted by molar-refractivity contribution is -0.138. The summed E-state index contributed by atoms with van der Waals surface area (Å²) in [5.41, 5.74) is 17.2. The van der Waals surface area contributed by atoms with Crippen LogP contribution in [0.2, 0.25) is 0 Å². The van der Waals surface area contributed by atoms with Crippen LogP contribution in [-0.4, -0.2) is 67.4 Å². The lowest BCUT2D eigenvalue weighted by atomic mass is 9.86. The zero-order chi connectivity index (χ0) is 42.7. The van der Waals surface area contributed by atoms with E-state index in [-0.39, 0.29) is 49.2 Å². The number of nitrogens with one attached hydrogen (secondary N) is 2. The number of aliphatic hydroxyl groups excluding tert-OH is 1. The van der Waals surface area contributed by atoms with E-state index in [1.165, 1.54) is 0 Å². The number of amides is 1. The van der Waals surface area contributed by atoms with Crippen molar-refractivity contribution in [3.63, 3.8) is 0 Å². The summed E-state index contributed by atoms with van der Waals surface area (Å²) < 4.78 is 0. The van der Waals surface area contributed by atoms with Crippen LogP contribution in [0.25, 0.3) is 12.2 Å². The van der Waals surface area contributed by atoms with Gasteiger partial charge in [-0.2, -0.15) is 0 Å². The van der Waals surface area contributed by atoms with Gasteiger partial charge in [0.25, 0.3) is 0 Å². The summed E-state index contributed by atoms with van der Waals surface area (Å²) in [6, 6.07) is -1.65. The first-order valence-electron chi connectivity index (χ1n) is 19.9. The van der Waals surface area contributed by atoms with Crippen molar-refractivity contribution in [2.24, 2.45) is 32.5 Å². The second-order valence-corrected chi connectivity index (χ2v) is 15.5. The number of hydrogen-bond donors (Lipinski definition) is 6. The third-order valence-electron chi connectivity index (χ3n) is 11.9. The van der Waals surface area contributed by atoms with Gasteiger partial charge in [-0.3, -0.25) is 14.4 Å². The molecule has 5 heterocycles. The van der Waals surface area contributed by atoms with Crippen LogP contribution in [0.1, 0.15) is 103 Å². The van der Waals surface area contributed by atoms with Crippen molar-refractivity contribution in [2.75, 3.05) is 0 Å². The number of H-pyrrole nitrogens is 1. The normalized spacial score (nSPS) is 19.4. The number of allylic oxidation sites excluding steroid dienone is 9. The first-order chi connectivity index (χ1) is 27.5. The summed E-state index contributed by atoms with van der Waals surface area (Å²) in [5, 5.41) is 35.1. The summed E-state index contributed by atoms with van der Waals surface area (Å²) in [6.45, 7) is 23.7. The van der Waals surface area contributed by atoms with Gasteiger partial charge in [-0.25, -0.2) is 15.0 Å². The molecule has 1 aromatic rings. The van der Waals surface area contributed by atoms with Crippen molar-refractivity contribution >= 4 is 47.1 Å². The van der Waals surface area contributed by atoms with E-state index in [1.54, 1.807) is 12.2 Å². The lowest BCUT2D eigenvalue weighted by Crippen LogP contribution is -2.51. The number of carbonyl (C=O) groups is 3. The summed E-state index contributed by atoms with van der Waals surface area (Å²) in [5.74, 6) is -2.70. The van der Waals surface area contributed by atoms with Crippen molar-refractivity contribution in [2.45, 2.75) is 106 Å². The largest absolute Gasteiger partial charge is 0.509 e. The number of aliphatic imine (C=N–C) groups is 3. The van der Waals surface area contributed by atoms with Gasteiger partial charge < -0.3 is 31.4 Å². The zero-order valence-corrected chi connectivity index (χ0v) is 34.8. The molecule has 0 aromatic carbocycles. The highest BCUT2D eigenvalue weighted by Crippen LogP contribution is 2.40. The number of aromatic nitrogens is 1. The molecule has 4 aliphatic heterocycles. The summed E-state index contributed by atoms with van der Waals surface area (Å²) >= 11 is 0. The van der Waals surface area contributed by atoms with Gasteiger partial charge in [0.15, 0.2) is 0 Å². The third kappa shape index (κ3) is 8.38. The Balaban J connectivity index is 1.90. The molecule has 4 aliphatic rings. The van der Waals surface area contributed by atoms with E-state index in [1.807, 2.05) is 73.6 Å². The Bertz CT molecular complexity index is 2300. The number of nitrogens with two attached hydrogens (primary N) is 1. The van der Waals surface area contributed by atoms with Crippen LogP contribution in [0.5, 0.6) is 0 Å². The molecule has 0 unspecified atom stereocenters. The molecule has 0 aliphatic carbocycles. The monoisotopic (exact) mass is 788 g/mol. The number of aliphatic carboxylic acids is 2. The van der Waals surface area contributed by atoms with E-state index in [0.29, 0.717) is 75.2 Å². The Morgan fingerprint density at radius 1 is 0.776 bits per heavy atom. The lowest BCUT2D eigenvalue weighted by Gasteiger charge is -2.28. The molecule has 5 rings (SSSR count). The van der Waals surface area contributed by atoms with Crippen molar-refractivity contribution in [3.8, 4) is 0 Å². The van der Waals surface area contributed by atoms with Gasteiger partial charge in [0.2, 0.25) is 5.91 Å². The molecular weight excluding hydrogens is 733 g/mol. The highest BCUT2D eigenvalue weighted by atomic mass is 16.4. The van der Waals surface area contributed by atoms with Gasteiger partial charge in [0.05, 0.1) is 51.9 Å². The number of nitrogens with zero attached hydrogens (tertiary/aromatic N) is 3. The molecular formula is C46H56N6O6. The van der Waals surface area contributed by atoms with E-state index in [0.717, 1.165) is 33.4 Å². The minimum atomic E-state index is -0.943. The van der Waals surface area contributed by atoms with Crippen molar-refractivity contribution < 1.29 is 29.7 Å². The van der Waals surface area contributed by atoms with Crippen molar-refractivity contribution in [3.05, 3.63) is 116 Å². The number of rotatable bonds is 15. The van der Waals surface area contributed by atoms with Gasteiger partial charge >= 0.3 is 11.9 Å². The van der Waals surface area contributed by atoms with Crippen LogP contribution >= 0.6 is 0 Å². The molecule has 4 atom stereocenters. The highest BCUT2D eigenvalue weighted by molar-refractivity contribution is 6.38. The zero-order valence-electron chi connectivity index (χ0n) is 34.8. The second kappa shape index (κ2) is 17.7. The van der Waals surface area contributed by atoms with Crippen LogP contribution in [0.3, 0.4) is 0 Å². The number of carboxylic acid groups (broad SMARTS) is 2. The SMILES string of the molecule is C=CC1=C(C)C2=NC1=Cc1[nH]c(c(CCC(=O)O)c1C)C=C1N=C(C=C3N=C(C(C=C)=C3C)C2=C(O)[C@@H](NC(=O)[C@@H](N)[C@@H](C)CC)[C@@H](C)CC)C(C)=C1CCC(=O)O.